The molecule has 0 fully saturated rings. The van der Waals surface area contributed by atoms with E-state index in [1.807, 2.05) is 24.8 Å². The second-order valence-electron chi connectivity index (χ2n) is 5.15. The zero-order valence-electron chi connectivity index (χ0n) is 12.4. The van der Waals surface area contributed by atoms with Crippen LogP contribution in [0.25, 0.3) is 0 Å². The molecule has 0 aromatic heterocycles. The van der Waals surface area contributed by atoms with Crippen LogP contribution in [-0.4, -0.2) is 25.0 Å². The van der Waals surface area contributed by atoms with E-state index in [9.17, 15) is 4.79 Å². The number of rotatable bonds is 8. The summed E-state index contributed by atoms with van der Waals surface area (Å²) < 4.78 is 0.989. The van der Waals surface area contributed by atoms with E-state index in [1.165, 1.54) is 5.56 Å². The largest absolute Gasteiger partial charge is 0.368 e. The average Bonchev–Trinajstić information content (AvgIpc) is 2.36. The van der Waals surface area contributed by atoms with Crippen LogP contribution in [0.2, 0.25) is 0 Å². The van der Waals surface area contributed by atoms with Gasteiger partial charge < -0.3 is 16.0 Å². The maximum absolute atomic E-state index is 11.2. The number of hydrogen-bond donors (Lipinski definition) is 2. The van der Waals surface area contributed by atoms with Crippen LogP contribution >= 0.6 is 15.9 Å². The van der Waals surface area contributed by atoms with E-state index >= 15 is 0 Å². The van der Waals surface area contributed by atoms with Gasteiger partial charge in [0.15, 0.2) is 0 Å². The molecular weight excluding hydrogens is 318 g/mol. The molecule has 0 atom stereocenters. The maximum Gasteiger partial charge on any atom is 0.236 e. The normalized spacial score (nSPS) is 10.8. The SMILES string of the molecule is CCCNCc1ccc(N(CC(N)=O)C(C)C)c(Br)c1. The van der Waals surface area contributed by atoms with Gasteiger partial charge in [0.05, 0.1) is 12.2 Å². The molecule has 1 amide bonds. The summed E-state index contributed by atoms with van der Waals surface area (Å²) in [6.45, 7) is 8.33. The molecule has 0 radical (unpaired) electrons. The van der Waals surface area contributed by atoms with E-state index in [0.717, 1.165) is 29.7 Å². The van der Waals surface area contributed by atoms with Gasteiger partial charge in [-0.2, -0.15) is 0 Å². The summed E-state index contributed by atoms with van der Waals surface area (Å²) in [6, 6.07) is 6.42. The maximum atomic E-state index is 11.2. The Labute approximate surface area is 129 Å². The van der Waals surface area contributed by atoms with Crippen LogP contribution in [0.5, 0.6) is 0 Å². The number of hydrogen-bond acceptors (Lipinski definition) is 3. The molecular formula is C15H24BrN3O. The highest BCUT2D eigenvalue weighted by Crippen LogP contribution is 2.28. The van der Waals surface area contributed by atoms with E-state index in [4.69, 9.17) is 5.73 Å². The van der Waals surface area contributed by atoms with Crippen molar-refractivity contribution < 1.29 is 4.79 Å². The average molecular weight is 342 g/mol. The molecule has 1 rings (SSSR count). The lowest BCUT2D eigenvalue weighted by molar-refractivity contribution is -0.116. The van der Waals surface area contributed by atoms with Gasteiger partial charge in [0, 0.05) is 17.1 Å². The minimum Gasteiger partial charge on any atom is -0.368 e. The predicted molar refractivity (Wildman–Crippen MR) is 87.8 cm³/mol. The highest BCUT2D eigenvalue weighted by molar-refractivity contribution is 9.10. The number of primary amides is 1. The molecule has 112 valence electrons. The van der Waals surface area contributed by atoms with Crippen LogP contribution < -0.4 is 16.0 Å². The van der Waals surface area contributed by atoms with Crippen LogP contribution in [0.4, 0.5) is 5.69 Å². The number of amides is 1. The molecule has 1 aromatic rings. The van der Waals surface area contributed by atoms with Gasteiger partial charge in [0.2, 0.25) is 5.91 Å². The molecule has 0 saturated heterocycles. The number of nitrogens with two attached hydrogens (primary N) is 1. The molecule has 1 aromatic carbocycles. The number of anilines is 1. The van der Waals surface area contributed by atoms with Gasteiger partial charge in [0.1, 0.15) is 0 Å². The van der Waals surface area contributed by atoms with Crippen molar-refractivity contribution in [2.45, 2.75) is 39.8 Å². The minimum absolute atomic E-state index is 0.211. The topological polar surface area (TPSA) is 58.4 Å². The van der Waals surface area contributed by atoms with E-state index in [-0.39, 0.29) is 18.5 Å². The second kappa shape index (κ2) is 8.27. The molecule has 0 aliphatic rings. The fourth-order valence-corrected chi connectivity index (χ4v) is 2.67. The molecule has 4 nitrogen and oxygen atoms in total. The van der Waals surface area contributed by atoms with Crippen LogP contribution in [0.15, 0.2) is 22.7 Å². The van der Waals surface area contributed by atoms with Crippen LogP contribution in [0, 0.1) is 0 Å². The standard InChI is InChI=1S/C15H24BrN3O/c1-4-7-18-9-12-5-6-14(13(16)8-12)19(11(2)3)10-15(17)20/h5-6,8,11,18H,4,7,9-10H2,1-3H3,(H2,17,20). The van der Waals surface area contributed by atoms with Crippen molar-refractivity contribution in [2.75, 3.05) is 18.0 Å². The first-order valence-electron chi connectivity index (χ1n) is 6.99. The van der Waals surface area contributed by atoms with Gasteiger partial charge in [-0.1, -0.05) is 13.0 Å². The number of nitrogens with one attached hydrogen (secondary N) is 1. The smallest absolute Gasteiger partial charge is 0.236 e. The van der Waals surface area contributed by atoms with Crippen molar-refractivity contribution >= 4 is 27.5 Å². The first kappa shape index (κ1) is 17.0. The molecule has 3 N–H and O–H groups in total. The first-order chi connectivity index (χ1) is 9.45. The number of carbonyl (C=O) groups excluding carboxylic acids is 1. The van der Waals surface area contributed by atoms with Gasteiger partial charge in [0.25, 0.3) is 0 Å². The van der Waals surface area contributed by atoms with Crippen molar-refractivity contribution in [1.82, 2.24) is 5.32 Å². The minimum atomic E-state index is -0.320. The summed E-state index contributed by atoms with van der Waals surface area (Å²) in [7, 11) is 0. The van der Waals surface area contributed by atoms with Crippen molar-refractivity contribution in [3.05, 3.63) is 28.2 Å². The summed E-state index contributed by atoms with van der Waals surface area (Å²) in [5.74, 6) is -0.320. The summed E-state index contributed by atoms with van der Waals surface area (Å²) in [6.07, 6.45) is 1.12. The third-order valence-corrected chi connectivity index (χ3v) is 3.66. The predicted octanol–water partition coefficient (Wildman–Crippen LogP) is 2.65. The lowest BCUT2D eigenvalue weighted by atomic mass is 10.1. The fraction of sp³-hybridized carbons (Fsp3) is 0.533. The Bertz CT molecular complexity index is 449. The molecule has 0 aliphatic carbocycles. The molecule has 20 heavy (non-hydrogen) atoms. The zero-order valence-corrected chi connectivity index (χ0v) is 14.0. The summed E-state index contributed by atoms with van der Waals surface area (Å²) in [5.41, 5.74) is 7.54. The Morgan fingerprint density at radius 3 is 2.65 bits per heavy atom. The number of nitrogens with zero attached hydrogens (tertiary/aromatic N) is 1. The quantitative estimate of drug-likeness (QED) is 0.714. The Morgan fingerprint density at radius 1 is 1.45 bits per heavy atom. The molecule has 0 saturated carbocycles. The summed E-state index contributed by atoms with van der Waals surface area (Å²) in [4.78, 5) is 13.2. The lowest BCUT2D eigenvalue weighted by Gasteiger charge is -2.28. The Kier molecular flexibility index (Phi) is 7.02. The van der Waals surface area contributed by atoms with Gasteiger partial charge in [-0.3, -0.25) is 4.79 Å². The molecule has 5 heteroatoms. The molecule has 0 heterocycles. The van der Waals surface area contributed by atoms with E-state index in [1.54, 1.807) is 0 Å². The Morgan fingerprint density at radius 2 is 2.15 bits per heavy atom. The van der Waals surface area contributed by atoms with Crippen molar-refractivity contribution in [3.63, 3.8) is 0 Å². The van der Waals surface area contributed by atoms with Crippen molar-refractivity contribution in [2.24, 2.45) is 5.73 Å². The van der Waals surface area contributed by atoms with Crippen molar-refractivity contribution in [1.29, 1.82) is 0 Å². The van der Waals surface area contributed by atoms with Gasteiger partial charge >= 0.3 is 0 Å². The van der Waals surface area contributed by atoms with E-state index in [2.05, 4.69) is 40.3 Å². The highest BCUT2D eigenvalue weighted by atomic mass is 79.9. The second-order valence-corrected chi connectivity index (χ2v) is 6.00. The fourth-order valence-electron chi connectivity index (χ4n) is 2.02. The third-order valence-electron chi connectivity index (χ3n) is 3.03. The number of halogens is 1. The summed E-state index contributed by atoms with van der Waals surface area (Å²) in [5, 5.41) is 3.37. The zero-order chi connectivity index (χ0) is 15.1. The van der Waals surface area contributed by atoms with Gasteiger partial charge in [-0.15, -0.1) is 0 Å². The van der Waals surface area contributed by atoms with Crippen LogP contribution in [0.3, 0.4) is 0 Å². The number of carbonyl (C=O) groups is 1. The van der Waals surface area contributed by atoms with Gasteiger partial charge in [-0.25, -0.2) is 0 Å². The monoisotopic (exact) mass is 341 g/mol. The molecule has 0 aliphatic heterocycles. The lowest BCUT2D eigenvalue weighted by Crippen LogP contribution is -2.38. The highest BCUT2D eigenvalue weighted by Gasteiger charge is 2.15. The molecule has 0 bridgehead atoms. The Balaban J connectivity index is 2.86. The van der Waals surface area contributed by atoms with E-state index < -0.39 is 0 Å². The van der Waals surface area contributed by atoms with E-state index in [0.29, 0.717) is 0 Å². The van der Waals surface area contributed by atoms with Crippen LogP contribution in [0.1, 0.15) is 32.8 Å². The molecule has 0 unspecified atom stereocenters. The molecule has 0 spiro atoms. The summed E-state index contributed by atoms with van der Waals surface area (Å²) >= 11 is 3.59. The van der Waals surface area contributed by atoms with Crippen LogP contribution in [-0.2, 0) is 11.3 Å². The Hall–Kier alpha value is -1.07. The van der Waals surface area contributed by atoms with Crippen molar-refractivity contribution in [3.8, 4) is 0 Å². The number of benzene rings is 1. The first-order valence-corrected chi connectivity index (χ1v) is 7.79. The third kappa shape index (κ3) is 5.13. The van der Waals surface area contributed by atoms with Gasteiger partial charge in [-0.05, 0) is 60.4 Å².